The SMILES string of the molecule is CCCC(OC)C(Cc1cnn(C)c1)NN. The third kappa shape index (κ3) is 3.59. The Morgan fingerprint density at radius 2 is 2.38 bits per heavy atom. The summed E-state index contributed by atoms with van der Waals surface area (Å²) >= 11 is 0. The number of aromatic nitrogens is 2. The molecular formula is C11H22N4O. The van der Waals surface area contributed by atoms with Gasteiger partial charge in [-0.05, 0) is 18.4 Å². The van der Waals surface area contributed by atoms with Crippen molar-refractivity contribution in [3.8, 4) is 0 Å². The minimum atomic E-state index is 0.133. The number of nitrogens with one attached hydrogen (secondary N) is 1. The first kappa shape index (κ1) is 13.2. The average molecular weight is 226 g/mol. The van der Waals surface area contributed by atoms with E-state index in [1.807, 2.05) is 19.4 Å². The Balaban J connectivity index is 2.59. The molecule has 5 heteroatoms. The van der Waals surface area contributed by atoms with Gasteiger partial charge in [0.25, 0.3) is 0 Å². The van der Waals surface area contributed by atoms with E-state index in [9.17, 15) is 0 Å². The van der Waals surface area contributed by atoms with Crippen molar-refractivity contribution >= 4 is 0 Å². The summed E-state index contributed by atoms with van der Waals surface area (Å²) in [6.45, 7) is 2.14. The molecule has 3 N–H and O–H groups in total. The van der Waals surface area contributed by atoms with E-state index in [-0.39, 0.29) is 12.1 Å². The number of nitrogens with zero attached hydrogens (tertiary/aromatic N) is 2. The summed E-state index contributed by atoms with van der Waals surface area (Å²) in [7, 11) is 3.64. The van der Waals surface area contributed by atoms with Crippen molar-refractivity contribution in [1.29, 1.82) is 0 Å². The third-order valence-corrected chi connectivity index (χ3v) is 2.75. The highest BCUT2D eigenvalue weighted by Crippen LogP contribution is 2.11. The minimum absolute atomic E-state index is 0.133. The minimum Gasteiger partial charge on any atom is -0.380 e. The Morgan fingerprint density at radius 1 is 1.62 bits per heavy atom. The fourth-order valence-corrected chi connectivity index (χ4v) is 1.90. The third-order valence-electron chi connectivity index (χ3n) is 2.75. The van der Waals surface area contributed by atoms with Crippen molar-refractivity contribution in [3.63, 3.8) is 0 Å². The van der Waals surface area contributed by atoms with Crippen LogP contribution in [-0.2, 0) is 18.2 Å². The van der Waals surface area contributed by atoms with E-state index < -0.39 is 0 Å². The van der Waals surface area contributed by atoms with Crippen LogP contribution in [0.5, 0.6) is 0 Å². The molecule has 0 saturated carbocycles. The standard InChI is InChI=1S/C11H22N4O/c1-4-5-11(16-3)10(14-12)6-9-7-13-15(2)8-9/h7-8,10-11,14H,4-6,12H2,1-3H3. The summed E-state index contributed by atoms with van der Waals surface area (Å²) in [5.41, 5.74) is 4.00. The average Bonchev–Trinajstić information content (AvgIpc) is 2.69. The van der Waals surface area contributed by atoms with Gasteiger partial charge in [-0.1, -0.05) is 13.3 Å². The number of aryl methyl sites for hydroxylation is 1. The van der Waals surface area contributed by atoms with Crippen LogP contribution in [0.25, 0.3) is 0 Å². The summed E-state index contributed by atoms with van der Waals surface area (Å²) in [5.74, 6) is 5.58. The quantitative estimate of drug-likeness (QED) is 0.528. The molecule has 0 spiro atoms. The maximum absolute atomic E-state index is 5.58. The van der Waals surface area contributed by atoms with E-state index in [0.717, 1.165) is 19.3 Å². The molecule has 0 aliphatic carbocycles. The van der Waals surface area contributed by atoms with E-state index >= 15 is 0 Å². The summed E-state index contributed by atoms with van der Waals surface area (Å²) in [6.07, 6.45) is 6.94. The first-order valence-corrected chi connectivity index (χ1v) is 5.67. The number of rotatable bonds is 7. The topological polar surface area (TPSA) is 65.1 Å². The summed E-state index contributed by atoms with van der Waals surface area (Å²) in [5, 5.41) is 4.14. The summed E-state index contributed by atoms with van der Waals surface area (Å²) in [6, 6.07) is 0.133. The number of nitrogens with two attached hydrogens (primary N) is 1. The zero-order valence-corrected chi connectivity index (χ0v) is 10.3. The number of hydrogen-bond acceptors (Lipinski definition) is 4. The molecule has 0 aliphatic rings. The molecule has 2 atom stereocenters. The molecule has 1 aromatic rings. The van der Waals surface area contributed by atoms with E-state index in [1.165, 1.54) is 5.56 Å². The normalized spacial score (nSPS) is 15.0. The van der Waals surface area contributed by atoms with Crippen molar-refractivity contribution in [2.45, 2.75) is 38.3 Å². The molecule has 0 aliphatic heterocycles. The lowest BCUT2D eigenvalue weighted by molar-refractivity contribution is 0.0609. The number of ether oxygens (including phenoxy) is 1. The van der Waals surface area contributed by atoms with Crippen LogP contribution in [0.1, 0.15) is 25.3 Å². The molecule has 5 nitrogen and oxygen atoms in total. The monoisotopic (exact) mass is 226 g/mol. The van der Waals surface area contributed by atoms with Gasteiger partial charge >= 0.3 is 0 Å². The van der Waals surface area contributed by atoms with Gasteiger partial charge in [0.1, 0.15) is 0 Å². The van der Waals surface area contributed by atoms with Gasteiger partial charge in [-0.3, -0.25) is 16.0 Å². The molecule has 0 bridgehead atoms. The van der Waals surface area contributed by atoms with Gasteiger partial charge in [-0.2, -0.15) is 5.10 Å². The smallest absolute Gasteiger partial charge is 0.0740 e. The van der Waals surface area contributed by atoms with Gasteiger partial charge in [0.15, 0.2) is 0 Å². The molecule has 0 aromatic carbocycles. The van der Waals surface area contributed by atoms with Crippen LogP contribution in [-0.4, -0.2) is 29.0 Å². The Kier molecular flexibility index (Phi) is 5.45. The second-order valence-corrected chi connectivity index (χ2v) is 4.06. The van der Waals surface area contributed by atoms with E-state index in [4.69, 9.17) is 10.6 Å². The predicted octanol–water partition coefficient (Wildman–Crippen LogP) is 0.610. The first-order valence-electron chi connectivity index (χ1n) is 5.67. The van der Waals surface area contributed by atoms with Crippen molar-refractivity contribution in [2.75, 3.05) is 7.11 Å². The van der Waals surface area contributed by atoms with Crippen molar-refractivity contribution < 1.29 is 4.74 Å². The van der Waals surface area contributed by atoms with Crippen molar-refractivity contribution in [3.05, 3.63) is 18.0 Å². The van der Waals surface area contributed by atoms with Gasteiger partial charge in [-0.25, -0.2) is 0 Å². The Morgan fingerprint density at radius 3 is 2.81 bits per heavy atom. The molecule has 92 valence electrons. The van der Waals surface area contributed by atoms with Crippen LogP contribution in [0.3, 0.4) is 0 Å². The largest absolute Gasteiger partial charge is 0.380 e. The van der Waals surface area contributed by atoms with Crippen LogP contribution < -0.4 is 11.3 Å². The first-order chi connectivity index (χ1) is 7.71. The van der Waals surface area contributed by atoms with Crippen molar-refractivity contribution in [1.82, 2.24) is 15.2 Å². The lowest BCUT2D eigenvalue weighted by atomic mass is 10.0. The Labute approximate surface area is 96.9 Å². The molecule has 1 aromatic heterocycles. The van der Waals surface area contributed by atoms with E-state index in [2.05, 4.69) is 17.4 Å². The van der Waals surface area contributed by atoms with Gasteiger partial charge in [0, 0.05) is 20.4 Å². The van der Waals surface area contributed by atoms with E-state index in [1.54, 1.807) is 11.8 Å². The number of hydrogen-bond donors (Lipinski definition) is 2. The number of hydrazine groups is 1. The molecule has 16 heavy (non-hydrogen) atoms. The highest BCUT2D eigenvalue weighted by Gasteiger charge is 2.20. The molecule has 1 rings (SSSR count). The number of methoxy groups -OCH3 is 1. The lowest BCUT2D eigenvalue weighted by Gasteiger charge is -2.24. The second-order valence-electron chi connectivity index (χ2n) is 4.06. The lowest BCUT2D eigenvalue weighted by Crippen LogP contribution is -2.46. The van der Waals surface area contributed by atoms with Crippen LogP contribution in [0.2, 0.25) is 0 Å². The summed E-state index contributed by atoms with van der Waals surface area (Å²) in [4.78, 5) is 0. The molecule has 0 saturated heterocycles. The molecule has 0 amide bonds. The molecule has 2 unspecified atom stereocenters. The van der Waals surface area contributed by atoms with Crippen LogP contribution in [0, 0.1) is 0 Å². The van der Waals surface area contributed by atoms with Crippen molar-refractivity contribution in [2.24, 2.45) is 12.9 Å². The van der Waals surface area contributed by atoms with E-state index in [0.29, 0.717) is 0 Å². The fraction of sp³-hybridized carbons (Fsp3) is 0.727. The molecule has 0 fully saturated rings. The van der Waals surface area contributed by atoms with Gasteiger partial charge in [0.2, 0.25) is 0 Å². The van der Waals surface area contributed by atoms with Gasteiger partial charge in [0.05, 0.1) is 18.3 Å². The van der Waals surface area contributed by atoms with Gasteiger partial charge < -0.3 is 4.74 Å². The van der Waals surface area contributed by atoms with Crippen LogP contribution >= 0.6 is 0 Å². The molecule has 1 heterocycles. The fourth-order valence-electron chi connectivity index (χ4n) is 1.90. The zero-order valence-electron chi connectivity index (χ0n) is 10.3. The predicted molar refractivity (Wildman–Crippen MR) is 63.7 cm³/mol. The Bertz CT molecular complexity index is 300. The van der Waals surface area contributed by atoms with Crippen LogP contribution in [0.15, 0.2) is 12.4 Å². The summed E-state index contributed by atoms with van der Waals surface area (Å²) < 4.78 is 7.25. The van der Waals surface area contributed by atoms with Gasteiger partial charge in [-0.15, -0.1) is 0 Å². The molecular weight excluding hydrogens is 204 g/mol. The highest BCUT2D eigenvalue weighted by atomic mass is 16.5. The maximum Gasteiger partial charge on any atom is 0.0740 e. The zero-order chi connectivity index (χ0) is 12.0. The maximum atomic E-state index is 5.58. The van der Waals surface area contributed by atoms with Crippen LogP contribution in [0.4, 0.5) is 0 Å². The molecule has 0 radical (unpaired) electrons. The second kappa shape index (κ2) is 6.62. The highest BCUT2D eigenvalue weighted by molar-refractivity contribution is 5.06. The Hall–Kier alpha value is -0.910.